The van der Waals surface area contributed by atoms with Crippen molar-refractivity contribution in [3.8, 4) is 0 Å². The Morgan fingerprint density at radius 3 is 2.69 bits per heavy atom. The van der Waals surface area contributed by atoms with Gasteiger partial charge in [-0.1, -0.05) is 0 Å². The summed E-state index contributed by atoms with van der Waals surface area (Å²) in [5.74, 6) is -1.22. The molecule has 1 aliphatic rings. The van der Waals surface area contributed by atoms with E-state index in [0.717, 1.165) is 0 Å². The minimum atomic E-state index is -1.09. The summed E-state index contributed by atoms with van der Waals surface area (Å²) < 4.78 is 10.2. The van der Waals surface area contributed by atoms with Gasteiger partial charge in [-0.05, 0) is 22.0 Å². The van der Waals surface area contributed by atoms with Crippen LogP contribution in [0.2, 0.25) is 0 Å². The lowest BCUT2D eigenvalue weighted by atomic mass is 10.4. The first-order chi connectivity index (χ1) is 7.65. The van der Waals surface area contributed by atoms with Crippen LogP contribution < -0.4 is 5.32 Å². The Bertz CT molecular complexity index is 421. The molecular weight excluding hydrogens is 280 g/mol. The maximum Gasteiger partial charge on any atom is 0.329 e. The summed E-state index contributed by atoms with van der Waals surface area (Å²) in [4.78, 5) is 25.8. The third-order valence-corrected chi connectivity index (χ3v) is 2.44. The molecule has 0 aliphatic carbocycles. The molecule has 0 spiro atoms. The predicted octanol–water partition coefficient (Wildman–Crippen LogP) is 1.03. The first-order valence-electron chi connectivity index (χ1n) is 4.40. The Morgan fingerprint density at radius 2 is 2.06 bits per heavy atom. The molecule has 1 saturated heterocycles. The van der Waals surface area contributed by atoms with Crippen molar-refractivity contribution in [2.75, 3.05) is 5.32 Å². The van der Waals surface area contributed by atoms with E-state index in [-0.39, 0.29) is 6.42 Å². The fourth-order valence-electron chi connectivity index (χ4n) is 1.14. The van der Waals surface area contributed by atoms with E-state index < -0.39 is 18.4 Å². The molecule has 6 nitrogen and oxygen atoms in total. The van der Waals surface area contributed by atoms with Crippen LogP contribution in [0.1, 0.15) is 6.42 Å². The number of pyridine rings is 1. The summed E-state index contributed by atoms with van der Waals surface area (Å²) in [6.45, 7) is 0. The van der Waals surface area contributed by atoms with Crippen molar-refractivity contribution in [2.24, 2.45) is 0 Å². The zero-order chi connectivity index (χ0) is 11.5. The fraction of sp³-hybridized carbons (Fsp3) is 0.222. The molecule has 0 radical (unpaired) electrons. The van der Waals surface area contributed by atoms with Gasteiger partial charge in [0, 0.05) is 12.4 Å². The van der Waals surface area contributed by atoms with Gasteiger partial charge in [0.2, 0.25) is 0 Å². The van der Waals surface area contributed by atoms with Gasteiger partial charge in [0.15, 0.2) is 0 Å². The van der Waals surface area contributed by atoms with Crippen LogP contribution >= 0.6 is 15.9 Å². The standard InChI is InChI=1S/C9H7BrN2O4/c10-5-4-11-2-1-6(5)12-9-15-7(13)3-8(14)16-9/h1-2,4,9H,3H2,(H,11,12). The Labute approximate surface area is 99.1 Å². The number of ether oxygens (including phenoxy) is 2. The normalized spacial score (nSPS) is 16.6. The molecule has 2 heterocycles. The van der Waals surface area contributed by atoms with Crippen LogP contribution in [0.15, 0.2) is 22.9 Å². The van der Waals surface area contributed by atoms with Gasteiger partial charge in [0.05, 0.1) is 10.2 Å². The van der Waals surface area contributed by atoms with Gasteiger partial charge in [0.1, 0.15) is 6.42 Å². The smallest absolute Gasteiger partial charge is 0.329 e. The van der Waals surface area contributed by atoms with E-state index in [4.69, 9.17) is 9.47 Å². The maximum absolute atomic E-state index is 11.0. The zero-order valence-electron chi connectivity index (χ0n) is 7.97. The number of aromatic nitrogens is 1. The molecule has 2 rings (SSSR count). The van der Waals surface area contributed by atoms with Crippen LogP contribution in [0.4, 0.5) is 5.69 Å². The second kappa shape index (κ2) is 4.48. The van der Waals surface area contributed by atoms with E-state index in [2.05, 4.69) is 26.2 Å². The Hall–Kier alpha value is -1.63. The molecule has 0 bridgehead atoms. The van der Waals surface area contributed by atoms with Crippen molar-refractivity contribution in [1.82, 2.24) is 4.98 Å². The number of hydrogen-bond acceptors (Lipinski definition) is 6. The molecule has 84 valence electrons. The van der Waals surface area contributed by atoms with Gasteiger partial charge >= 0.3 is 18.4 Å². The van der Waals surface area contributed by atoms with Gasteiger partial charge < -0.3 is 14.8 Å². The predicted molar refractivity (Wildman–Crippen MR) is 56.1 cm³/mol. The summed E-state index contributed by atoms with van der Waals surface area (Å²) in [6, 6.07) is 1.65. The van der Waals surface area contributed by atoms with Crippen LogP contribution in [-0.2, 0) is 19.1 Å². The largest absolute Gasteiger partial charge is 0.406 e. The van der Waals surface area contributed by atoms with Gasteiger partial charge in [-0.25, -0.2) is 0 Å². The van der Waals surface area contributed by atoms with Crippen LogP contribution in [0.5, 0.6) is 0 Å². The number of hydrogen-bond donors (Lipinski definition) is 1. The average molecular weight is 287 g/mol. The van der Waals surface area contributed by atoms with Crippen LogP contribution in [0, 0.1) is 0 Å². The first kappa shape index (κ1) is 10.9. The third kappa shape index (κ3) is 2.48. The van der Waals surface area contributed by atoms with E-state index in [0.29, 0.717) is 10.2 Å². The highest BCUT2D eigenvalue weighted by Gasteiger charge is 2.27. The summed E-state index contributed by atoms with van der Waals surface area (Å²) in [7, 11) is 0. The van der Waals surface area contributed by atoms with Crippen LogP contribution in [-0.4, -0.2) is 23.3 Å². The molecule has 16 heavy (non-hydrogen) atoms. The number of rotatable bonds is 2. The van der Waals surface area contributed by atoms with Gasteiger partial charge in [0.25, 0.3) is 0 Å². The van der Waals surface area contributed by atoms with Crippen molar-refractivity contribution in [3.63, 3.8) is 0 Å². The molecule has 1 aromatic heterocycles. The second-order valence-corrected chi connectivity index (χ2v) is 3.84. The third-order valence-electron chi connectivity index (χ3n) is 1.81. The summed E-state index contributed by atoms with van der Waals surface area (Å²) in [5.41, 5.74) is 0.613. The minimum Gasteiger partial charge on any atom is -0.406 e. The number of halogens is 1. The lowest BCUT2D eigenvalue weighted by Gasteiger charge is -2.23. The Balaban J connectivity index is 2.07. The topological polar surface area (TPSA) is 77.5 Å². The summed E-state index contributed by atoms with van der Waals surface area (Å²) in [6.07, 6.45) is 1.68. The number of cyclic esters (lactones) is 2. The van der Waals surface area contributed by atoms with Gasteiger partial charge in [-0.3, -0.25) is 14.6 Å². The average Bonchev–Trinajstić information content (AvgIpc) is 2.20. The molecule has 0 saturated carbocycles. The van der Waals surface area contributed by atoms with E-state index in [1.54, 1.807) is 18.5 Å². The summed E-state index contributed by atoms with van der Waals surface area (Å²) in [5, 5.41) is 2.74. The highest BCUT2D eigenvalue weighted by molar-refractivity contribution is 9.10. The van der Waals surface area contributed by atoms with Crippen molar-refractivity contribution < 1.29 is 19.1 Å². The minimum absolute atomic E-state index is 0.351. The molecule has 7 heteroatoms. The quantitative estimate of drug-likeness (QED) is 0.646. The lowest BCUT2D eigenvalue weighted by Crippen LogP contribution is -2.37. The van der Waals surface area contributed by atoms with E-state index in [1.165, 1.54) is 0 Å². The number of carbonyl (C=O) groups excluding carboxylic acids is 2. The van der Waals surface area contributed by atoms with E-state index in [9.17, 15) is 9.59 Å². The maximum atomic E-state index is 11.0. The number of nitrogens with zero attached hydrogens (tertiary/aromatic N) is 1. The molecule has 0 atom stereocenters. The SMILES string of the molecule is O=C1CC(=O)OC(Nc2ccncc2Br)O1. The monoisotopic (exact) mass is 286 g/mol. The van der Waals surface area contributed by atoms with Gasteiger partial charge in [-0.2, -0.15) is 0 Å². The van der Waals surface area contributed by atoms with Gasteiger partial charge in [-0.15, -0.1) is 0 Å². The number of carbonyl (C=O) groups is 2. The Morgan fingerprint density at radius 1 is 1.38 bits per heavy atom. The van der Waals surface area contributed by atoms with Crippen LogP contribution in [0.3, 0.4) is 0 Å². The highest BCUT2D eigenvalue weighted by atomic mass is 79.9. The molecule has 0 amide bonds. The lowest BCUT2D eigenvalue weighted by molar-refractivity contribution is -0.197. The van der Waals surface area contributed by atoms with E-state index >= 15 is 0 Å². The number of nitrogens with one attached hydrogen (secondary N) is 1. The van der Waals surface area contributed by atoms with Crippen molar-refractivity contribution in [1.29, 1.82) is 0 Å². The molecule has 1 aliphatic heterocycles. The first-order valence-corrected chi connectivity index (χ1v) is 5.19. The fourth-order valence-corrected chi connectivity index (χ4v) is 1.51. The number of anilines is 1. The molecule has 1 N–H and O–H groups in total. The van der Waals surface area contributed by atoms with Crippen LogP contribution in [0.25, 0.3) is 0 Å². The Kier molecular flexibility index (Phi) is 3.04. The summed E-state index contributed by atoms with van der Waals surface area (Å²) >= 11 is 3.25. The molecule has 1 aromatic rings. The van der Waals surface area contributed by atoms with Crippen molar-refractivity contribution in [3.05, 3.63) is 22.9 Å². The molecule has 1 fully saturated rings. The molecular formula is C9H7BrN2O4. The molecule has 0 aromatic carbocycles. The van der Waals surface area contributed by atoms with Crippen molar-refractivity contribution in [2.45, 2.75) is 12.8 Å². The van der Waals surface area contributed by atoms with E-state index in [1.807, 2.05) is 0 Å². The van der Waals surface area contributed by atoms with Crippen molar-refractivity contribution >= 4 is 33.6 Å². The molecule has 0 unspecified atom stereocenters. The highest BCUT2D eigenvalue weighted by Crippen LogP contribution is 2.22. The second-order valence-electron chi connectivity index (χ2n) is 2.99. The zero-order valence-corrected chi connectivity index (χ0v) is 9.56. The number of esters is 2.